The molecule has 0 radical (unpaired) electrons. The van der Waals surface area contributed by atoms with Crippen molar-refractivity contribution < 1.29 is 14.3 Å². The van der Waals surface area contributed by atoms with Gasteiger partial charge in [0.2, 0.25) is 11.8 Å². The van der Waals surface area contributed by atoms with Crippen LogP contribution in [0.5, 0.6) is 0 Å². The minimum absolute atomic E-state index is 0.105. The number of amides is 2. The first kappa shape index (κ1) is 14.2. The zero-order valence-corrected chi connectivity index (χ0v) is 13.8. The molecular formula is C20H19NO3. The van der Waals surface area contributed by atoms with E-state index in [1.807, 2.05) is 56.3 Å². The maximum atomic E-state index is 13.1. The SMILES string of the molecule is CC12CCC(C)(O1)C1C(=O)N(c3ccc4ccccc4c3)C(=O)C12. The molecule has 24 heavy (non-hydrogen) atoms. The Bertz CT molecular complexity index is 873. The van der Waals surface area contributed by atoms with Crippen molar-refractivity contribution in [3.63, 3.8) is 0 Å². The van der Waals surface area contributed by atoms with Gasteiger partial charge in [-0.15, -0.1) is 0 Å². The van der Waals surface area contributed by atoms with Crippen molar-refractivity contribution in [1.29, 1.82) is 0 Å². The molecule has 2 amide bonds. The number of nitrogens with zero attached hydrogens (tertiary/aromatic N) is 1. The standard InChI is InChI=1S/C20H19NO3/c1-19-9-10-20(2,24-19)16-15(19)17(22)21(18(16)23)14-8-7-12-5-3-4-6-13(12)11-14/h3-8,11,15-16H,9-10H2,1-2H3. The Morgan fingerprint density at radius 3 is 2.12 bits per heavy atom. The van der Waals surface area contributed by atoms with Gasteiger partial charge in [-0.05, 0) is 49.6 Å². The Hall–Kier alpha value is -2.20. The van der Waals surface area contributed by atoms with Gasteiger partial charge < -0.3 is 4.74 Å². The van der Waals surface area contributed by atoms with E-state index in [4.69, 9.17) is 4.74 Å². The first-order valence-corrected chi connectivity index (χ1v) is 8.50. The highest BCUT2D eigenvalue weighted by Gasteiger charge is 2.72. The van der Waals surface area contributed by atoms with Gasteiger partial charge in [0.25, 0.3) is 0 Å². The maximum absolute atomic E-state index is 13.1. The number of carbonyl (C=O) groups is 2. The minimum Gasteiger partial charge on any atom is -0.367 e. The summed E-state index contributed by atoms with van der Waals surface area (Å²) in [5, 5.41) is 2.13. The van der Waals surface area contributed by atoms with Crippen molar-refractivity contribution in [2.45, 2.75) is 37.9 Å². The highest BCUT2D eigenvalue weighted by Crippen LogP contribution is 2.60. The molecule has 4 heteroatoms. The first-order chi connectivity index (χ1) is 11.4. The number of imide groups is 1. The molecule has 5 rings (SSSR count). The number of fused-ring (bicyclic) bond motifs is 6. The van der Waals surface area contributed by atoms with Crippen LogP contribution >= 0.6 is 0 Å². The molecule has 3 fully saturated rings. The summed E-state index contributed by atoms with van der Waals surface area (Å²) in [4.78, 5) is 27.6. The summed E-state index contributed by atoms with van der Waals surface area (Å²) >= 11 is 0. The minimum atomic E-state index is -0.502. The monoisotopic (exact) mass is 321 g/mol. The van der Waals surface area contributed by atoms with Gasteiger partial charge in [0.1, 0.15) is 0 Å². The van der Waals surface area contributed by atoms with E-state index < -0.39 is 11.2 Å². The molecule has 0 aliphatic carbocycles. The Morgan fingerprint density at radius 2 is 1.50 bits per heavy atom. The lowest BCUT2D eigenvalue weighted by molar-refractivity contribution is -0.129. The average Bonchev–Trinajstić information content (AvgIpc) is 3.11. The maximum Gasteiger partial charge on any atom is 0.240 e. The third kappa shape index (κ3) is 1.57. The fourth-order valence-electron chi connectivity index (χ4n) is 5.04. The molecule has 2 aromatic carbocycles. The molecule has 3 aliphatic rings. The Balaban J connectivity index is 1.62. The van der Waals surface area contributed by atoms with Crippen LogP contribution in [0.4, 0.5) is 5.69 Å². The van der Waals surface area contributed by atoms with Gasteiger partial charge in [-0.3, -0.25) is 9.59 Å². The van der Waals surface area contributed by atoms with Crippen molar-refractivity contribution in [2.75, 3.05) is 4.90 Å². The zero-order chi connectivity index (χ0) is 16.7. The first-order valence-electron chi connectivity index (χ1n) is 8.50. The summed E-state index contributed by atoms with van der Waals surface area (Å²) in [6.07, 6.45) is 1.69. The highest BCUT2D eigenvalue weighted by atomic mass is 16.5. The van der Waals surface area contributed by atoms with Gasteiger partial charge in [0, 0.05) is 0 Å². The lowest BCUT2D eigenvalue weighted by Crippen LogP contribution is -2.40. The fraction of sp³-hybridized carbons (Fsp3) is 0.400. The predicted octanol–water partition coefficient (Wildman–Crippen LogP) is 3.29. The number of hydrogen-bond donors (Lipinski definition) is 0. The molecule has 0 spiro atoms. The van der Waals surface area contributed by atoms with E-state index in [9.17, 15) is 9.59 Å². The molecule has 0 aromatic heterocycles. The third-order valence-corrected chi connectivity index (χ3v) is 6.20. The average molecular weight is 321 g/mol. The molecule has 2 bridgehead atoms. The second-order valence-electron chi connectivity index (χ2n) is 7.73. The van der Waals surface area contributed by atoms with Crippen molar-refractivity contribution >= 4 is 28.3 Å². The quantitative estimate of drug-likeness (QED) is 0.757. The molecule has 2 aromatic rings. The van der Waals surface area contributed by atoms with E-state index in [-0.39, 0.29) is 23.7 Å². The third-order valence-electron chi connectivity index (χ3n) is 6.20. The van der Waals surface area contributed by atoms with Crippen molar-refractivity contribution in [3.05, 3.63) is 42.5 Å². The lowest BCUT2D eigenvalue weighted by atomic mass is 9.69. The number of benzene rings is 2. The normalized spacial score (nSPS) is 37.5. The molecule has 0 N–H and O–H groups in total. The van der Waals surface area contributed by atoms with Crippen molar-refractivity contribution in [2.24, 2.45) is 11.8 Å². The van der Waals surface area contributed by atoms with Gasteiger partial charge in [-0.1, -0.05) is 30.3 Å². The fourth-order valence-corrected chi connectivity index (χ4v) is 5.04. The summed E-state index contributed by atoms with van der Waals surface area (Å²) in [5.41, 5.74) is -0.333. The predicted molar refractivity (Wildman–Crippen MR) is 90.6 cm³/mol. The molecule has 3 heterocycles. The largest absolute Gasteiger partial charge is 0.367 e. The highest BCUT2D eigenvalue weighted by molar-refractivity contribution is 6.23. The molecule has 3 saturated heterocycles. The van der Waals surface area contributed by atoms with Gasteiger partial charge in [0.15, 0.2) is 0 Å². The molecule has 4 unspecified atom stereocenters. The number of rotatable bonds is 1. The van der Waals surface area contributed by atoms with Crippen LogP contribution in [0.2, 0.25) is 0 Å². The van der Waals surface area contributed by atoms with Crippen LogP contribution in [0.15, 0.2) is 42.5 Å². The van der Waals surface area contributed by atoms with Crippen LogP contribution in [0.25, 0.3) is 10.8 Å². The molecule has 122 valence electrons. The topological polar surface area (TPSA) is 46.6 Å². The summed E-state index contributed by atoms with van der Waals surface area (Å²) < 4.78 is 6.14. The van der Waals surface area contributed by atoms with Gasteiger partial charge in [-0.2, -0.15) is 0 Å². The van der Waals surface area contributed by atoms with E-state index in [1.54, 1.807) is 0 Å². The van der Waals surface area contributed by atoms with E-state index in [1.165, 1.54) is 4.90 Å². The summed E-state index contributed by atoms with van der Waals surface area (Å²) in [6, 6.07) is 13.7. The molecular weight excluding hydrogens is 302 g/mol. The second kappa shape index (κ2) is 4.25. The van der Waals surface area contributed by atoms with Gasteiger partial charge >= 0.3 is 0 Å². The van der Waals surface area contributed by atoms with Gasteiger partial charge in [0.05, 0.1) is 28.7 Å². The van der Waals surface area contributed by atoms with E-state index in [0.717, 1.165) is 23.6 Å². The van der Waals surface area contributed by atoms with E-state index in [2.05, 4.69) is 0 Å². The Morgan fingerprint density at radius 1 is 0.917 bits per heavy atom. The van der Waals surface area contributed by atoms with Crippen molar-refractivity contribution in [3.8, 4) is 0 Å². The number of carbonyl (C=O) groups excluding carboxylic acids is 2. The zero-order valence-electron chi connectivity index (χ0n) is 13.8. The summed E-state index contributed by atoms with van der Waals surface area (Å²) in [6.45, 7) is 3.97. The van der Waals surface area contributed by atoms with Crippen LogP contribution in [0.3, 0.4) is 0 Å². The molecule has 4 atom stereocenters. The van der Waals surface area contributed by atoms with Gasteiger partial charge in [-0.25, -0.2) is 4.90 Å². The Kier molecular flexibility index (Phi) is 2.51. The summed E-state index contributed by atoms with van der Waals surface area (Å²) in [7, 11) is 0. The lowest BCUT2D eigenvalue weighted by Gasteiger charge is -2.27. The Labute approximate surface area is 140 Å². The van der Waals surface area contributed by atoms with E-state index >= 15 is 0 Å². The number of ether oxygens (including phenoxy) is 1. The number of hydrogen-bond acceptors (Lipinski definition) is 3. The summed E-state index contributed by atoms with van der Waals surface area (Å²) in [5.74, 6) is -0.914. The molecule has 3 aliphatic heterocycles. The van der Waals surface area contributed by atoms with Crippen LogP contribution < -0.4 is 4.90 Å². The number of anilines is 1. The van der Waals surface area contributed by atoms with Crippen LogP contribution in [-0.4, -0.2) is 23.0 Å². The second-order valence-corrected chi connectivity index (χ2v) is 7.73. The molecule has 0 saturated carbocycles. The van der Waals surface area contributed by atoms with E-state index in [0.29, 0.717) is 5.69 Å². The van der Waals surface area contributed by atoms with Crippen molar-refractivity contribution in [1.82, 2.24) is 0 Å². The van der Waals surface area contributed by atoms with Crippen LogP contribution in [0.1, 0.15) is 26.7 Å². The molecule has 4 nitrogen and oxygen atoms in total. The smallest absolute Gasteiger partial charge is 0.240 e. The van der Waals surface area contributed by atoms with Crippen LogP contribution in [-0.2, 0) is 14.3 Å². The van der Waals surface area contributed by atoms with Crippen LogP contribution in [0, 0.1) is 11.8 Å².